The van der Waals surface area contributed by atoms with Crippen LogP contribution in [0.3, 0.4) is 0 Å². The van der Waals surface area contributed by atoms with Crippen LogP contribution >= 0.6 is 0 Å². The lowest BCUT2D eigenvalue weighted by atomic mass is 9.71. The summed E-state index contributed by atoms with van der Waals surface area (Å²) >= 11 is 0. The van der Waals surface area contributed by atoms with Gasteiger partial charge in [-0.3, -0.25) is 0 Å². The summed E-state index contributed by atoms with van der Waals surface area (Å²) in [4.78, 5) is 0. The predicted molar refractivity (Wildman–Crippen MR) is 170 cm³/mol. The van der Waals surface area contributed by atoms with Gasteiger partial charge in [-0.15, -0.1) is 0 Å². The minimum atomic E-state index is 0.107. The molecule has 222 valence electrons. The Kier molecular flexibility index (Phi) is 15.2. The van der Waals surface area contributed by atoms with E-state index in [0.29, 0.717) is 11.8 Å². The zero-order valence-corrected chi connectivity index (χ0v) is 26.4. The Morgan fingerprint density at radius 2 is 1.10 bits per heavy atom. The fraction of sp³-hybridized carbons (Fsp3) is 0.789. The van der Waals surface area contributed by atoms with Crippen molar-refractivity contribution in [3.8, 4) is 12.1 Å². The van der Waals surface area contributed by atoms with E-state index < -0.39 is 0 Å². The first-order valence-electron chi connectivity index (χ1n) is 17.5. The third-order valence-corrected chi connectivity index (χ3v) is 10.7. The average Bonchev–Trinajstić information content (AvgIpc) is 2.99. The lowest BCUT2D eigenvalue weighted by Crippen LogP contribution is -2.25. The summed E-state index contributed by atoms with van der Waals surface area (Å²) in [5, 5.41) is 20.7. The third-order valence-electron chi connectivity index (χ3n) is 10.7. The number of aryl methyl sites for hydroxylation is 1. The van der Waals surface area contributed by atoms with Gasteiger partial charge in [-0.05, 0) is 91.7 Å². The summed E-state index contributed by atoms with van der Waals surface area (Å²) in [6, 6.07) is 12.4. The van der Waals surface area contributed by atoms with Crippen LogP contribution in [0, 0.1) is 58.2 Å². The van der Waals surface area contributed by atoms with E-state index in [9.17, 15) is 10.5 Å². The molecule has 2 aliphatic rings. The van der Waals surface area contributed by atoms with Crippen molar-refractivity contribution in [2.45, 2.75) is 156 Å². The van der Waals surface area contributed by atoms with Crippen molar-refractivity contribution in [3.63, 3.8) is 0 Å². The molecular weight excluding hydrogens is 484 g/mol. The molecule has 2 saturated carbocycles. The minimum absolute atomic E-state index is 0.107. The highest BCUT2D eigenvalue weighted by Crippen LogP contribution is 2.40. The maximum Gasteiger partial charge on any atom is 0.0662 e. The SMILES string of the molecule is CCCCCC1CCC(C(C#N)Cc2cccc(CCCC)c2CC(C#N)C2CCC(CCCCC)CC2)CC1. The van der Waals surface area contributed by atoms with Gasteiger partial charge in [0.2, 0.25) is 0 Å². The molecule has 3 rings (SSSR count). The summed E-state index contributed by atoms with van der Waals surface area (Å²) in [6.07, 6.45) is 26.3. The van der Waals surface area contributed by atoms with Gasteiger partial charge in [0, 0.05) is 0 Å². The molecule has 2 aliphatic carbocycles. The van der Waals surface area contributed by atoms with Crippen molar-refractivity contribution in [2.75, 3.05) is 0 Å². The number of hydrogen-bond acceptors (Lipinski definition) is 2. The van der Waals surface area contributed by atoms with Crippen molar-refractivity contribution in [1.29, 1.82) is 10.5 Å². The Morgan fingerprint density at radius 1 is 0.625 bits per heavy atom. The average molecular weight is 545 g/mol. The second-order valence-electron chi connectivity index (χ2n) is 13.6. The first-order chi connectivity index (χ1) is 19.6. The number of hydrogen-bond donors (Lipinski definition) is 0. The van der Waals surface area contributed by atoms with E-state index in [1.807, 2.05) is 0 Å². The van der Waals surface area contributed by atoms with Gasteiger partial charge < -0.3 is 0 Å². The topological polar surface area (TPSA) is 47.6 Å². The third kappa shape index (κ3) is 10.2. The minimum Gasteiger partial charge on any atom is -0.198 e. The standard InChI is InChI=1S/C38H60N2/c1-4-7-10-13-30-18-22-32(23-19-30)36(28-39)26-35-17-12-16-34(15-9-6-3)38(35)27-37(29-40)33-24-20-31(21-25-33)14-11-8-5-2/h12,16-17,30-33,36-37H,4-11,13-15,18-27H2,1-3H3. The fourth-order valence-corrected chi connectivity index (χ4v) is 7.96. The van der Waals surface area contributed by atoms with Crippen molar-refractivity contribution in [3.05, 3.63) is 34.9 Å². The second-order valence-corrected chi connectivity index (χ2v) is 13.6. The normalized spacial score (nSPS) is 24.6. The predicted octanol–water partition coefficient (Wildman–Crippen LogP) is 11.2. The number of unbranched alkanes of at least 4 members (excludes halogenated alkanes) is 5. The van der Waals surface area contributed by atoms with Gasteiger partial charge in [-0.1, -0.05) is 122 Å². The Hall–Kier alpha value is -1.80. The van der Waals surface area contributed by atoms with Gasteiger partial charge in [0.1, 0.15) is 0 Å². The lowest BCUT2D eigenvalue weighted by molar-refractivity contribution is 0.218. The van der Waals surface area contributed by atoms with Gasteiger partial charge in [0.15, 0.2) is 0 Å². The Balaban J connectivity index is 1.68. The van der Waals surface area contributed by atoms with E-state index in [-0.39, 0.29) is 11.8 Å². The monoisotopic (exact) mass is 544 g/mol. The van der Waals surface area contributed by atoms with Gasteiger partial charge in [-0.2, -0.15) is 10.5 Å². The van der Waals surface area contributed by atoms with E-state index >= 15 is 0 Å². The van der Waals surface area contributed by atoms with E-state index in [1.165, 1.54) is 132 Å². The van der Waals surface area contributed by atoms with Crippen LogP contribution in [-0.2, 0) is 19.3 Å². The van der Waals surface area contributed by atoms with Crippen LogP contribution in [0.25, 0.3) is 0 Å². The molecule has 40 heavy (non-hydrogen) atoms. The number of rotatable bonds is 17. The van der Waals surface area contributed by atoms with Gasteiger partial charge in [0.25, 0.3) is 0 Å². The van der Waals surface area contributed by atoms with Crippen LogP contribution in [0.15, 0.2) is 18.2 Å². The van der Waals surface area contributed by atoms with Crippen molar-refractivity contribution < 1.29 is 0 Å². The molecule has 2 unspecified atom stereocenters. The van der Waals surface area contributed by atoms with Crippen LogP contribution in [0.5, 0.6) is 0 Å². The molecule has 0 aliphatic heterocycles. The molecule has 0 bridgehead atoms. The number of nitrogens with zero attached hydrogens (tertiary/aromatic N) is 2. The Bertz CT molecular complexity index is 904. The molecule has 2 nitrogen and oxygen atoms in total. The molecule has 1 aromatic rings. The first kappa shape index (κ1) is 32.7. The molecular formula is C38H60N2. The summed E-state index contributed by atoms with van der Waals surface area (Å²) in [6.45, 7) is 6.85. The quantitative estimate of drug-likeness (QED) is 0.183. The maximum atomic E-state index is 10.4. The molecule has 0 spiro atoms. The first-order valence-corrected chi connectivity index (χ1v) is 17.5. The van der Waals surface area contributed by atoms with Crippen LogP contribution in [-0.4, -0.2) is 0 Å². The van der Waals surface area contributed by atoms with Crippen LogP contribution < -0.4 is 0 Å². The molecule has 2 heteroatoms. The summed E-state index contributed by atoms with van der Waals surface area (Å²) in [5.74, 6) is 3.05. The molecule has 0 heterocycles. The molecule has 2 fully saturated rings. The number of benzene rings is 1. The molecule has 0 amide bonds. The largest absolute Gasteiger partial charge is 0.198 e. The van der Waals surface area contributed by atoms with Crippen molar-refractivity contribution in [2.24, 2.45) is 35.5 Å². The molecule has 0 aromatic heterocycles. The number of nitriles is 2. The lowest BCUT2D eigenvalue weighted by Gasteiger charge is -2.33. The van der Waals surface area contributed by atoms with Crippen LogP contribution in [0.2, 0.25) is 0 Å². The van der Waals surface area contributed by atoms with Crippen LogP contribution in [0.4, 0.5) is 0 Å². The fourth-order valence-electron chi connectivity index (χ4n) is 7.96. The molecule has 2 atom stereocenters. The summed E-state index contributed by atoms with van der Waals surface area (Å²) in [7, 11) is 0. The van der Waals surface area contributed by atoms with E-state index in [4.69, 9.17) is 0 Å². The zero-order valence-electron chi connectivity index (χ0n) is 26.4. The smallest absolute Gasteiger partial charge is 0.0662 e. The second kappa shape index (κ2) is 18.6. The Morgan fingerprint density at radius 3 is 1.57 bits per heavy atom. The molecule has 0 radical (unpaired) electrons. The van der Waals surface area contributed by atoms with E-state index in [2.05, 4.69) is 51.1 Å². The highest BCUT2D eigenvalue weighted by Gasteiger charge is 2.31. The molecule has 1 aromatic carbocycles. The van der Waals surface area contributed by atoms with Crippen molar-refractivity contribution >= 4 is 0 Å². The van der Waals surface area contributed by atoms with Crippen molar-refractivity contribution in [1.82, 2.24) is 0 Å². The highest BCUT2D eigenvalue weighted by atomic mass is 14.4. The van der Waals surface area contributed by atoms with Gasteiger partial charge in [-0.25, -0.2) is 0 Å². The van der Waals surface area contributed by atoms with Gasteiger partial charge in [0.05, 0.1) is 24.0 Å². The molecule has 0 N–H and O–H groups in total. The Labute approximate surface area is 248 Å². The van der Waals surface area contributed by atoms with Gasteiger partial charge >= 0.3 is 0 Å². The summed E-state index contributed by atoms with van der Waals surface area (Å²) in [5.41, 5.74) is 4.25. The van der Waals surface area contributed by atoms with Crippen LogP contribution in [0.1, 0.15) is 153 Å². The van der Waals surface area contributed by atoms with E-state index in [1.54, 1.807) is 0 Å². The zero-order chi connectivity index (χ0) is 28.6. The molecule has 0 saturated heterocycles. The van der Waals surface area contributed by atoms with E-state index in [0.717, 1.165) is 31.1 Å². The maximum absolute atomic E-state index is 10.4. The summed E-state index contributed by atoms with van der Waals surface area (Å²) < 4.78 is 0. The highest BCUT2D eigenvalue weighted by molar-refractivity contribution is 5.37.